The molecule has 9 nitrogen and oxygen atoms in total. The number of nitrogens with zero attached hydrogens (tertiary/aromatic N) is 1. The maximum atomic E-state index is 12.8. The summed E-state index contributed by atoms with van der Waals surface area (Å²) in [5.41, 5.74) is 4.45. The molecule has 9 heteroatoms. The molecule has 4 atom stereocenters. The summed E-state index contributed by atoms with van der Waals surface area (Å²) in [5, 5.41) is 22.3. The first-order valence-corrected chi connectivity index (χ1v) is 11.9. The fraction of sp³-hybridized carbons (Fsp3) is 0.423. The Balaban J connectivity index is 1.13. The summed E-state index contributed by atoms with van der Waals surface area (Å²) in [6.45, 7) is 0.446. The van der Waals surface area contributed by atoms with Crippen molar-refractivity contribution >= 4 is 18.0 Å². The number of likely N-dealkylation sites (tertiary alicyclic amines) is 1. The topological polar surface area (TPSA) is 125 Å². The minimum atomic E-state index is -1.17. The van der Waals surface area contributed by atoms with E-state index in [0.717, 1.165) is 22.3 Å². The second-order valence-corrected chi connectivity index (χ2v) is 9.22. The van der Waals surface area contributed by atoms with Crippen molar-refractivity contribution in [2.24, 2.45) is 0 Å². The summed E-state index contributed by atoms with van der Waals surface area (Å²) in [7, 11) is 0. The molecule has 0 spiro atoms. The van der Waals surface area contributed by atoms with Gasteiger partial charge in [0.1, 0.15) is 12.6 Å². The lowest BCUT2D eigenvalue weighted by molar-refractivity contribution is -0.150. The molecule has 0 radical (unpaired) electrons. The number of nitrogens with one attached hydrogen (secondary N) is 1. The van der Waals surface area contributed by atoms with Crippen LogP contribution in [0.3, 0.4) is 0 Å². The number of amides is 2. The quantitative estimate of drug-likeness (QED) is 0.554. The van der Waals surface area contributed by atoms with E-state index in [1.165, 1.54) is 4.90 Å². The fourth-order valence-corrected chi connectivity index (χ4v) is 5.55. The van der Waals surface area contributed by atoms with Crippen LogP contribution in [0.1, 0.15) is 36.3 Å². The zero-order valence-electron chi connectivity index (χ0n) is 19.1. The number of carbonyl (C=O) groups excluding carboxylic acids is 2. The fourth-order valence-electron chi connectivity index (χ4n) is 5.55. The number of hydrogen-bond donors (Lipinski definition) is 3. The average molecular weight is 481 g/mol. The predicted octanol–water partition coefficient (Wildman–Crippen LogP) is 2.12. The summed E-state index contributed by atoms with van der Waals surface area (Å²) in [6, 6.07) is 14.8. The number of rotatable bonds is 7. The number of fused-ring (bicyclic) bond motifs is 4. The average Bonchev–Trinajstić information content (AvgIpc) is 3.53. The highest BCUT2D eigenvalue weighted by Crippen LogP contribution is 2.44. The molecular formula is C26H28N2O7. The van der Waals surface area contributed by atoms with E-state index in [2.05, 4.69) is 17.4 Å². The number of carboxylic acids is 1. The van der Waals surface area contributed by atoms with Crippen LogP contribution in [0.25, 0.3) is 11.1 Å². The van der Waals surface area contributed by atoms with Crippen LogP contribution in [0, 0.1) is 0 Å². The monoisotopic (exact) mass is 480 g/mol. The van der Waals surface area contributed by atoms with Crippen LogP contribution in [-0.4, -0.2) is 77.1 Å². The van der Waals surface area contributed by atoms with Crippen LogP contribution < -0.4 is 5.32 Å². The third kappa shape index (κ3) is 4.49. The van der Waals surface area contributed by atoms with Gasteiger partial charge in [-0.05, 0) is 28.7 Å². The van der Waals surface area contributed by atoms with E-state index >= 15 is 0 Å². The van der Waals surface area contributed by atoms with Gasteiger partial charge in [-0.25, -0.2) is 9.59 Å². The van der Waals surface area contributed by atoms with E-state index in [4.69, 9.17) is 9.47 Å². The molecule has 2 aliphatic heterocycles. The molecular weight excluding hydrogens is 452 g/mol. The van der Waals surface area contributed by atoms with Crippen LogP contribution >= 0.6 is 0 Å². The van der Waals surface area contributed by atoms with Crippen molar-refractivity contribution in [3.05, 3.63) is 59.7 Å². The van der Waals surface area contributed by atoms with E-state index in [0.29, 0.717) is 13.0 Å². The number of benzene rings is 2. The molecule has 2 fully saturated rings. The molecule has 184 valence electrons. The molecule has 0 saturated carbocycles. The minimum absolute atomic E-state index is 0.0793. The Bertz CT molecular complexity index is 1090. The lowest BCUT2D eigenvalue weighted by atomic mass is 9.98. The zero-order chi connectivity index (χ0) is 24.5. The smallest absolute Gasteiger partial charge is 0.407 e. The van der Waals surface area contributed by atoms with E-state index in [1.807, 2.05) is 36.4 Å². The molecule has 1 aliphatic carbocycles. The van der Waals surface area contributed by atoms with E-state index < -0.39 is 30.1 Å². The van der Waals surface area contributed by atoms with Crippen LogP contribution in [0.2, 0.25) is 0 Å². The van der Waals surface area contributed by atoms with Gasteiger partial charge in [-0.2, -0.15) is 0 Å². The number of aliphatic hydroxyl groups is 1. The van der Waals surface area contributed by atoms with Gasteiger partial charge in [0, 0.05) is 25.5 Å². The zero-order valence-corrected chi connectivity index (χ0v) is 19.1. The van der Waals surface area contributed by atoms with E-state index in [1.54, 1.807) is 0 Å². The molecule has 35 heavy (non-hydrogen) atoms. The molecule has 2 saturated heterocycles. The van der Waals surface area contributed by atoms with Crippen molar-refractivity contribution in [3.63, 3.8) is 0 Å². The van der Waals surface area contributed by atoms with Crippen molar-refractivity contribution in [1.29, 1.82) is 0 Å². The molecule has 0 bridgehead atoms. The van der Waals surface area contributed by atoms with Crippen LogP contribution in [0.4, 0.5) is 4.79 Å². The predicted molar refractivity (Wildman–Crippen MR) is 125 cm³/mol. The Labute approximate surface area is 202 Å². The maximum Gasteiger partial charge on any atom is 0.407 e. The molecule has 5 rings (SSSR count). The highest BCUT2D eigenvalue weighted by molar-refractivity contribution is 5.85. The van der Waals surface area contributed by atoms with Gasteiger partial charge >= 0.3 is 12.1 Å². The Morgan fingerprint density at radius 3 is 2.40 bits per heavy atom. The van der Waals surface area contributed by atoms with E-state index in [9.17, 15) is 24.6 Å². The normalized spacial score (nSPS) is 23.3. The number of aliphatic carboxylic acids is 1. The van der Waals surface area contributed by atoms with E-state index in [-0.39, 0.29) is 44.1 Å². The number of carbonyl (C=O) groups is 3. The largest absolute Gasteiger partial charge is 0.480 e. The number of carboxylic acid groups (broad SMARTS) is 1. The number of hydrogen-bond acceptors (Lipinski definition) is 6. The van der Waals surface area contributed by atoms with Crippen molar-refractivity contribution in [3.8, 4) is 11.1 Å². The molecule has 2 aromatic rings. The van der Waals surface area contributed by atoms with Gasteiger partial charge in [0.15, 0.2) is 0 Å². The standard InChI is InChI=1S/C26H28N2O7/c29-15(11-24(30)28-21-9-10-34-23(21)12-22(28)25(31)32)13-27-26(33)35-14-20-18-7-3-1-5-16(18)17-6-2-4-8-19(17)20/h1-8,15,20-23,29H,9-14H2,(H,27,33)(H,31,32). The first-order valence-electron chi connectivity index (χ1n) is 11.9. The summed E-state index contributed by atoms with van der Waals surface area (Å²) in [5.74, 6) is -1.62. The maximum absolute atomic E-state index is 12.8. The molecule has 2 amide bonds. The van der Waals surface area contributed by atoms with Crippen molar-refractivity contribution in [2.75, 3.05) is 19.8 Å². The van der Waals surface area contributed by atoms with Crippen molar-refractivity contribution in [1.82, 2.24) is 10.2 Å². The second kappa shape index (κ2) is 9.67. The molecule has 3 aliphatic rings. The third-order valence-corrected chi connectivity index (χ3v) is 7.13. The van der Waals surface area contributed by atoms with Gasteiger partial charge in [-0.15, -0.1) is 0 Å². The summed E-state index contributed by atoms with van der Waals surface area (Å²) in [4.78, 5) is 38.0. The van der Waals surface area contributed by atoms with Gasteiger partial charge in [-0.3, -0.25) is 4.79 Å². The Kier molecular flexibility index (Phi) is 6.44. The van der Waals surface area contributed by atoms with Gasteiger partial charge in [0.2, 0.25) is 5.91 Å². The van der Waals surface area contributed by atoms with Gasteiger partial charge < -0.3 is 29.9 Å². The second-order valence-electron chi connectivity index (χ2n) is 9.22. The number of alkyl carbamates (subject to hydrolysis) is 1. The highest BCUT2D eigenvalue weighted by atomic mass is 16.5. The molecule has 2 heterocycles. The molecule has 0 aromatic heterocycles. The summed E-state index contributed by atoms with van der Waals surface area (Å²) < 4.78 is 11.0. The first-order chi connectivity index (χ1) is 16.9. The number of aliphatic hydroxyl groups excluding tert-OH is 1. The van der Waals surface area contributed by atoms with Crippen molar-refractivity contribution < 1.29 is 34.1 Å². The Hall–Kier alpha value is -3.43. The van der Waals surface area contributed by atoms with Gasteiger partial charge in [-0.1, -0.05) is 48.5 Å². The van der Waals surface area contributed by atoms with Gasteiger partial charge in [0.05, 0.1) is 24.7 Å². The molecule has 3 N–H and O–H groups in total. The number of ether oxygens (including phenoxy) is 2. The lowest BCUT2D eigenvalue weighted by Crippen LogP contribution is -2.47. The minimum Gasteiger partial charge on any atom is -0.480 e. The van der Waals surface area contributed by atoms with Crippen LogP contribution in [-0.2, 0) is 19.1 Å². The summed E-state index contributed by atoms with van der Waals surface area (Å²) >= 11 is 0. The van der Waals surface area contributed by atoms with Crippen molar-refractivity contribution in [2.45, 2.75) is 49.5 Å². The summed E-state index contributed by atoms with van der Waals surface area (Å²) in [6.07, 6.45) is -1.60. The lowest BCUT2D eigenvalue weighted by Gasteiger charge is -2.27. The van der Waals surface area contributed by atoms with Crippen LogP contribution in [0.15, 0.2) is 48.5 Å². The Morgan fingerprint density at radius 1 is 1.09 bits per heavy atom. The third-order valence-electron chi connectivity index (χ3n) is 7.13. The van der Waals surface area contributed by atoms with Gasteiger partial charge in [0.25, 0.3) is 0 Å². The molecule has 2 aromatic carbocycles. The molecule has 4 unspecified atom stereocenters. The highest BCUT2D eigenvalue weighted by Gasteiger charge is 2.49. The SMILES string of the molecule is O=C(NCC(O)CC(=O)N1C(C(=O)O)CC2OCCC21)OCC1c2ccccc2-c2ccccc21. The Morgan fingerprint density at radius 2 is 1.74 bits per heavy atom. The van der Waals surface area contributed by atoms with Crippen LogP contribution in [0.5, 0.6) is 0 Å². The first kappa shape index (κ1) is 23.3.